The van der Waals surface area contributed by atoms with E-state index in [0.717, 1.165) is 11.1 Å². The van der Waals surface area contributed by atoms with Crippen LogP contribution in [-0.2, 0) is 16.0 Å². The number of fused-ring (bicyclic) bond motifs is 2. The number of aliphatic hydroxyl groups is 1. The summed E-state index contributed by atoms with van der Waals surface area (Å²) < 4.78 is 10.4. The lowest BCUT2D eigenvalue weighted by atomic mass is 10.00. The zero-order chi connectivity index (χ0) is 29.4. The number of aryl methyl sites for hydroxylation is 2. The molecular formula is C28H37N5O7. The minimum Gasteiger partial charge on any atom is -0.481 e. The Morgan fingerprint density at radius 2 is 1.88 bits per heavy atom. The van der Waals surface area contributed by atoms with Gasteiger partial charge in [0, 0.05) is 30.8 Å². The quantitative estimate of drug-likeness (QED) is 0.427. The molecule has 40 heavy (non-hydrogen) atoms. The second-order valence-corrected chi connectivity index (χ2v) is 9.79. The van der Waals surface area contributed by atoms with Gasteiger partial charge in [0.25, 0.3) is 11.8 Å². The SMILES string of the molecule is COc1ccc(C(=O)N2CC(=O)NCCCc3cc(ccc3C)C(=O)N[C@@H]([C@@H](C)O)C(=O)N[C@H](C)C2)c(OC)n1. The molecule has 12 nitrogen and oxygen atoms in total. The molecule has 0 saturated carbocycles. The van der Waals surface area contributed by atoms with E-state index in [0.29, 0.717) is 24.9 Å². The van der Waals surface area contributed by atoms with E-state index >= 15 is 0 Å². The first-order valence-electron chi connectivity index (χ1n) is 13.1. The Bertz CT molecular complexity index is 1250. The highest BCUT2D eigenvalue weighted by atomic mass is 16.5. The number of amides is 4. The number of benzene rings is 1. The van der Waals surface area contributed by atoms with Crippen LogP contribution < -0.4 is 25.4 Å². The van der Waals surface area contributed by atoms with Gasteiger partial charge in [-0.1, -0.05) is 6.07 Å². The minimum atomic E-state index is -1.24. The van der Waals surface area contributed by atoms with Crippen LogP contribution in [0.4, 0.5) is 0 Å². The average molecular weight is 556 g/mol. The molecule has 2 bridgehead atoms. The van der Waals surface area contributed by atoms with Crippen LogP contribution in [0, 0.1) is 6.92 Å². The van der Waals surface area contributed by atoms with Crippen molar-refractivity contribution in [3.8, 4) is 11.8 Å². The maximum atomic E-state index is 13.6. The normalized spacial score (nSPS) is 19.9. The van der Waals surface area contributed by atoms with Crippen LogP contribution >= 0.6 is 0 Å². The van der Waals surface area contributed by atoms with Crippen molar-refractivity contribution < 1.29 is 33.8 Å². The number of aromatic nitrogens is 1. The van der Waals surface area contributed by atoms with Gasteiger partial charge in [-0.15, -0.1) is 0 Å². The highest BCUT2D eigenvalue weighted by Gasteiger charge is 2.30. The summed E-state index contributed by atoms with van der Waals surface area (Å²) in [6, 6.07) is 6.34. The van der Waals surface area contributed by atoms with Gasteiger partial charge in [0.05, 0.1) is 26.9 Å². The molecule has 4 amide bonds. The fraction of sp³-hybridized carbons (Fsp3) is 0.464. The highest BCUT2D eigenvalue weighted by molar-refractivity contribution is 5.99. The molecule has 2 aromatic rings. The van der Waals surface area contributed by atoms with E-state index in [4.69, 9.17) is 9.47 Å². The van der Waals surface area contributed by atoms with E-state index in [1.165, 1.54) is 38.2 Å². The number of hydrogen-bond acceptors (Lipinski definition) is 8. The van der Waals surface area contributed by atoms with Crippen LogP contribution in [0.15, 0.2) is 30.3 Å². The number of aliphatic hydroxyl groups excluding tert-OH is 1. The Labute approximate surface area is 233 Å². The number of hydrogen-bond donors (Lipinski definition) is 4. The van der Waals surface area contributed by atoms with Crippen LogP contribution in [0.1, 0.15) is 52.1 Å². The summed E-state index contributed by atoms with van der Waals surface area (Å²) >= 11 is 0. The number of nitrogens with zero attached hydrogens (tertiary/aromatic N) is 2. The zero-order valence-electron chi connectivity index (χ0n) is 23.4. The van der Waals surface area contributed by atoms with Crippen molar-refractivity contribution in [1.29, 1.82) is 0 Å². The van der Waals surface area contributed by atoms with Crippen LogP contribution in [0.5, 0.6) is 11.8 Å². The van der Waals surface area contributed by atoms with E-state index in [-0.39, 0.29) is 36.3 Å². The number of pyridine rings is 1. The topological polar surface area (TPSA) is 159 Å². The van der Waals surface area contributed by atoms with E-state index in [2.05, 4.69) is 20.9 Å². The number of carbonyl (C=O) groups excluding carboxylic acids is 4. The summed E-state index contributed by atoms with van der Waals surface area (Å²) in [6.45, 7) is 5.02. The van der Waals surface area contributed by atoms with Crippen LogP contribution in [0.25, 0.3) is 0 Å². The summed E-state index contributed by atoms with van der Waals surface area (Å²) in [5.41, 5.74) is 2.38. The fourth-order valence-corrected chi connectivity index (χ4v) is 4.40. The van der Waals surface area contributed by atoms with Gasteiger partial charge in [0.15, 0.2) is 0 Å². The van der Waals surface area contributed by atoms with Gasteiger partial charge in [-0.2, -0.15) is 4.98 Å². The van der Waals surface area contributed by atoms with Crippen LogP contribution in [0.2, 0.25) is 0 Å². The highest BCUT2D eigenvalue weighted by Crippen LogP contribution is 2.22. The summed E-state index contributed by atoms with van der Waals surface area (Å²) in [5, 5.41) is 18.5. The third-order valence-corrected chi connectivity index (χ3v) is 6.58. The molecule has 0 unspecified atom stereocenters. The van der Waals surface area contributed by atoms with Gasteiger partial charge >= 0.3 is 0 Å². The largest absolute Gasteiger partial charge is 0.481 e. The second kappa shape index (κ2) is 13.7. The maximum Gasteiger partial charge on any atom is 0.259 e. The van der Waals surface area contributed by atoms with Crippen molar-refractivity contribution in [2.75, 3.05) is 33.9 Å². The third-order valence-electron chi connectivity index (χ3n) is 6.58. The first-order chi connectivity index (χ1) is 19.0. The molecule has 4 N–H and O–H groups in total. The first-order valence-corrected chi connectivity index (χ1v) is 13.1. The van der Waals surface area contributed by atoms with Crippen molar-refractivity contribution in [1.82, 2.24) is 25.8 Å². The van der Waals surface area contributed by atoms with Gasteiger partial charge in [0.1, 0.15) is 11.6 Å². The van der Waals surface area contributed by atoms with E-state index < -0.39 is 35.9 Å². The molecule has 2 heterocycles. The standard InChI is InChI=1S/C28H37N5O7/c1-16-8-9-20-13-19(16)7-6-12-29-22(35)15-33(28(38)21-10-11-23(39-4)31-27(21)40-5)14-17(2)30-26(37)24(18(3)34)32-25(20)36/h8-11,13,17-18,24,34H,6-7,12,14-15H2,1-5H3,(H,29,35)(H,30,37)(H,32,36)/t17-,18-,24+/m1/s1. The second-order valence-electron chi connectivity index (χ2n) is 9.79. The molecule has 3 atom stereocenters. The molecule has 1 aromatic heterocycles. The Hall–Kier alpha value is -4.19. The Balaban J connectivity index is 1.91. The minimum absolute atomic E-state index is 0.0267. The molecule has 12 heteroatoms. The maximum absolute atomic E-state index is 13.6. The molecule has 3 rings (SSSR count). The lowest BCUT2D eigenvalue weighted by molar-refractivity contribution is -0.126. The van der Waals surface area contributed by atoms with Gasteiger partial charge in [-0.3, -0.25) is 19.2 Å². The number of carbonyl (C=O) groups is 4. The van der Waals surface area contributed by atoms with Gasteiger partial charge in [-0.05, 0) is 62.9 Å². The summed E-state index contributed by atoms with van der Waals surface area (Å²) in [7, 11) is 2.80. The zero-order valence-corrected chi connectivity index (χ0v) is 23.4. The van der Waals surface area contributed by atoms with Crippen LogP contribution in [-0.4, -0.2) is 90.7 Å². The number of ether oxygens (including phenoxy) is 2. The third kappa shape index (κ3) is 7.69. The fourth-order valence-electron chi connectivity index (χ4n) is 4.40. The summed E-state index contributed by atoms with van der Waals surface area (Å²) in [6.07, 6.45) is 0.0116. The van der Waals surface area contributed by atoms with E-state index in [1.54, 1.807) is 19.1 Å². The Morgan fingerprint density at radius 3 is 2.55 bits per heavy atom. The molecule has 0 saturated heterocycles. The molecule has 1 aliphatic rings. The molecule has 0 radical (unpaired) electrons. The van der Waals surface area contributed by atoms with Gasteiger partial charge in [0.2, 0.25) is 23.6 Å². The first kappa shape index (κ1) is 30.4. The number of nitrogens with one attached hydrogen (secondary N) is 3. The number of methoxy groups -OCH3 is 2. The average Bonchev–Trinajstić information content (AvgIpc) is 2.92. The van der Waals surface area contributed by atoms with Crippen molar-refractivity contribution >= 4 is 23.6 Å². The molecule has 1 aliphatic heterocycles. The molecular weight excluding hydrogens is 518 g/mol. The summed E-state index contributed by atoms with van der Waals surface area (Å²) in [5.74, 6) is -1.76. The number of rotatable bonds is 4. The summed E-state index contributed by atoms with van der Waals surface area (Å²) in [4.78, 5) is 58.0. The van der Waals surface area contributed by atoms with E-state index in [9.17, 15) is 24.3 Å². The molecule has 216 valence electrons. The Kier molecular flexibility index (Phi) is 10.4. The van der Waals surface area contributed by atoms with Crippen molar-refractivity contribution in [2.45, 2.75) is 51.8 Å². The predicted molar refractivity (Wildman–Crippen MR) is 146 cm³/mol. The van der Waals surface area contributed by atoms with Crippen LogP contribution in [0.3, 0.4) is 0 Å². The Morgan fingerprint density at radius 1 is 1.12 bits per heavy atom. The van der Waals surface area contributed by atoms with Crippen molar-refractivity contribution in [2.24, 2.45) is 0 Å². The van der Waals surface area contributed by atoms with E-state index in [1.807, 2.05) is 13.0 Å². The molecule has 0 aliphatic carbocycles. The monoisotopic (exact) mass is 555 g/mol. The predicted octanol–water partition coefficient (Wildman–Crippen LogP) is 0.596. The molecule has 0 fully saturated rings. The smallest absolute Gasteiger partial charge is 0.259 e. The van der Waals surface area contributed by atoms with Gasteiger partial charge < -0.3 is 35.4 Å². The van der Waals surface area contributed by atoms with Gasteiger partial charge in [-0.25, -0.2) is 0 Å². The lowest BCUT2D eigenvalue weighted by Gasteiger charge is -2.28. The van der Waals surface area contributed by atoms with Crippen molar-refractivity contribution in [3.63, 3.8) is 0 Å². The molecule has 0 spiro atoms. The lowest BCUT2D eigenvalue weighted by Crippen LogP contribution is -2.56. The molecule has 1 aromatic carbocycles. The van der Waals surface area contributed by atoms with Crippen molar-refractivity contribution in [3.05, 3.63) is 52.6 Å².